The largest absolute Gasteiger partial charge is 0.407 e. The van der Waals surface area contributed by atoms with E-state index in [0.717, 1.165) is 4.47 Å². The normalized spacial score (nSPS) is 17.8. The molecule has 0 radical (unpaired) electrons. The summed E-state index contributed by atoms with van der Waals surface area (Å²) >= 11 is 3.20. The van der Waals surface area contributed by atoms with Gasteiger partial charge in [0.15, 0.2) is 5.75 Å². The number of nitrogens with one attached hydrogen (secondary N) is 1. The monoisotopic (exact) mass is 249 g/mol. The van der Waals surface area contributed by atoms with Crippen LogP contribution in [0.15, 0.2) is 22.7 Å². The van der Waals surface area contributed by atoms with E-state index in [1.807, 2.05) is 0 Å². The lowest BCUT2D eigenvalue weighted by Gasteiger charge is -1.93. The Kier molecular flexibility index (Phi) is 1.55. The predicted molar refractivity (Wildman–Crippen MR) is 47.3 cm³/mol. The van der Waals surface area contributed by atoms with Gasteiger partial charge in [-0.1, -0.05) is 15.9 Å². The third-order valence-corrected chi connectivity index (χ3v) is 2.74. The molecule has 0 bridgehead atoms. The van der Waals surface area contributed by atoms with Crippen molar-refractivity contribution >= 4 is 31.9 Å². The molecule has 0 fully saturated rings. The van der Waals surface area contributed by atoms with E-state index < -0.39 is 10.3 Å². The highest BCUT2D eigenvalue weighted by atomic mass is 79.9. The van der Waals surface area contributed by atoms with Crippen molar-refractivity contribution in [1.29, 1.82) is 0 Å². The summed E-state index contributed by atoms with van der Waals surface area (Å²) in [6, 6.07) is 4.95. The van der Waals surface area contributed by atoms with Gasteiger partial charge in [-0.05, 0) is 18.2 Å². The molecule has 1 aromatic carbocycles. The molecule has 1 N–H and O–H groups in total. The van der Waals surface area contributed by atoms with E-state index in [-0.39, 0.29) is 0 Å². The van der Waals surface area contributed by atoms with Crippen LogP contribution in [0, 0.1) is 0 Å². The minimum atomic E-state index is -3.59. The van der Waals surface area contributed by atoms with E-state index in [9.17, 15) is 8.42 Å². The number of benzene rings is 1. The molecule has 12 heavy (non-hydrogen) atoms. The first kappa shape index (κ1) is 7.88. The highest BCUT2D eigenvalue weighted by Crippen LogP contribution is 2.34. The van der Waals surface area contributed by atoms with Gasteiger partial charge in [0.1, 0.15) is 0 Å². The second-order valence-corrected chi connectivity index (χ2v) is 4.47. The molecule has 1 heterocycles. The van der Waals surface area contributed by atoms with Gasteiger partial charge in [-0.2, -0.15) is 8.42 Å². The summed E-state index contributed by atoms with van der Waals surface area (Å²) in [4.78, 5) is 0. The van der Waals surface area contributed by atoms with Crippen LogP contribution in [0.4, 0.5) is 5.69 Å². The summed E-state index contributed by atoms with van der Waals surface area (Å²) in [6.07, 6.45) is 0. The quantitative estimate of drug-likeness (QED) is 0.759. The van der Waals surface area contributed by atoms with Crippen LogP contribution in [0.2, 0.25) is 0 Å². The summed E-state index contributed by atoms with van der Waals surface area (Å²) in [7, 11) is -3.59. The van der Waals surface area contributed by atoms with Gasteiger partial charge in [0.2, 0.25) is 0 Å². The van der Waals surface area contributed by atoms with Gasteiger partial charge in [-0.15, -0.1) is 0 Å². The van der Waals surface area contributed by atoms with Crippen LogP contribution in [0.25, 0.3) is 0 Å². The Morgan fingerprint density at radius 2 is 2.17 bits per heavy atom. The molecule has 4 nitrogen and oxygen atoms in total. The average Bonchev–Trinajstić information content (AvgIpc) is 2.21. The molecule has 0 saturated carbocycles. The van der Waals surface area contributed by atoms with Gasteiger partial charge in [-0.3, -0.25) is 0 Å². The van der Waals surface area contributed by atoms with Gasteiger partial charge >= 0.3 is 10.3 Å². The topological polar surface area (TPSA) is 55.4 Å². The summed E-state index contributed by atoms with van der Waals surface area (Å²) in [6.45, 7) is 0. The average molecular weight is 250 g/mol. The highest BCUT2D eigenvalue weighted by Gasteiger charge is 2.24. The van der Waals surface area contributed by atoms with Crippen LogP contribution < -0.4 is 8.91 Å². The minimum absolute atomic E-state index is 0.323. The summed E-state index contributed by atoms with van der Waals surface area (Å²) in [5.74, 6) is 0.323. The maximum Gasteiger partial charge on any atom is 0.407 e. The van der Waals surface area contributed by atoms with Gasteiger partial charge < -0.3 is 4.18 Å². The van der Waals surface area contributed by atoms with Gasteiger partial charge in [0.05, 0.1) is 5.69 Å². The summed E-state index contributed by atoms with van der Waals surface area (Å²) < 4.78 is 29.3. The fourth-order valence-corrected chi connectivity index (χ4v) is 2.12. The van der Waals surface area contributed by atoms with Gasteiger partial charge in [-0.25, -0.2) is 4.72 Å². The molecule has 0 amide bonds. The van der Waals surface area contributed by atoms with E-state index >= 15 is 0 Å². The highest BCUT2D eigenvalue weighted by molar-refractivity contribution is 9.10. The Bertz CT molecular complexity index is 428. The van der Waals surface area contributed by atoms with E-state index in [2.05, 4.69) is 24.8 Å². The molecule has 2 rings (SSSR count). The third kappa shape index (κ3) is 1.27. The lowest BCUT2D eigenvalue weighted by molar-refractivity contribution is 0.503. The molecule has 1 aliphatic rings. The Labute approximate surface area is 77.9 Å². The van der Waals surface area contributed by atoms with Crippen molar-refractivity contribution < 1.29 is 12.6 Å². The summed E-state index contributed by atoms with van der Waals surface area (Å²) in [5, 5.41) is 0. The Balaban J connectivity index is 2.56. The van der Waals surface area contributed by atoms with Crippen LogP contribution >= 0.6 is 15.9 Å². The second-order valence-electron chi connectivity index (χ2n) is 2.28. The fraction of sp³-hybridized carbons (Fsp3) is 0. The maximum absolute atomic E-state index is 10.9. The zero-order chi connectivity index (χ0) is 8.77. The SMILES string of the molecule is O=S1(=O)Nc2ccc(Br)cc2O1. The first-order valence-electron chi connectivity index (χ1n) is 3.09. The molecule has 6 heteroatoms. The second kappa shape index (κ2) is 2.37. The van der Waals surface area contributed by atoms with Crippen LogP contribution in [-0.4, -0.2) is 8.42 Å². The molecule has 1 aliphatic heterocycles. The summed E-state index contributed by atoms with van der Waals surface area (Å²) in [5.41, 5.74) is 0.471. The number of anilines is 1. The van der Waals surface area contributed by atoms with Gasteiger partial charge in [0.25, 0.3) is 0 Å². The Morgan fingerprint density at radius 3 is 2.92 bits per heavy atom. The number of hydrogen-bond acceptors (Lipinski definition) is 3. The molecule has 0 aliphatic carbocycles. The van der Waals surface area contributed by atoms with Crippen molar-refractivity contribution in [3.05, 3.63) is 22.7 Å². The van der Waals surface area contributed by atoms with E-state index in [1.54, 1.807) is 18.2 Å². The number of hydrogen-bond donors (Lipinski definition) is 1. The Morgan fingerprint density at radius 1 is 1.42 bits per heavy atom. The standard InChI is InChI=1S/C6H4BrNO3S/c7-4-1-2-5-6(3-4)11-12(9,10)8-5/h1-3,8H. The van der Waals surface area contributed by atoms with E-state index in [0.29, 0.717) is 11.4 Å². The molecule has 0 aromatic heterocycles. The molecular weight excluding hydrogens is 246 g/mol. The van der Waals surface area contributed by atoms with Crippen molar-refractivity contribution in [2.24, 2.45) is 0 Å². The Hall–Kier alpha value is -0.750. The molecule has 0 unspecified atom stereocenters. The van der Waals surface area contributed by atoms with Crippen LogP contribution in [-0.2, 0) is 10.3 Å². The molecule has 64 valence electrons. The number of halogens is 1. The first-order chi connectivity index (χ1) is 5.57. The van der Waals surface area contributed by atoms with E-state index in [4.69, 9.17) is 0 Å². The third-order valence-electron chi connectivity index (χ3n) is 1.38. The van der Waals surface area contributed by atoms with Crippen molar-refractivity contribution in [3.8, 4) is 5.75 Å². The lowest BCUT2D eigenvalue weighted by atomic mass is 10.3. The molecule has 1 aromatic rings. The van der Waals surface area contributed by atoms with E-state index in [1.165, 1.54) is 0 Å². The first-order valence-corrected chi connectivity index (χ1v) is 5.29. The lowest BCUT2D eigenvalue weighted by Crippen LogP contribution is -2.10. The van der Waals surface area contributed by atoms with Gasteiger partial charge in [0, 0.05) is 4.47 Å². The van der Waals surface area contributed by atoms with Crippen LogP contribution in [0.5, 0.6) is 5.75 Å². The smallest absolute Gasteiger partial charge is 0.365 e. The molecule has 0 saturated heterocycles. The number of fused-ring (bicyclic) bond motifs is 1. The molecule has 0 atom stereocenters. The van der Waals surface area contributed by atoms with Crippen molar-refractivity contribution in [2.45, 2.75) is 0 Å². The van der Waals surface area contributed by atoms with Crippen molar-refractivity contribution in [3.63, 3.8) is 0 Å². The number of rotatable bonds is 0. The van der Waals surface area contributed by atoms with Crippen molar-refractivity contribution in [2.75, 3.05) is 4.72 Å². The van der Waals surface area contributed by atoms with Crippen LogP contribution in [0.3, 0.4) is 0 Å². The fourth-order valence-electron chi connectivity index (χ4n) is 0.923. The zero-order valence-electron chi connectivity index (χ0n) is 5.74. The molecular formula is C6H4BrNO3S. The van der Waals surface area contributed by atoms with Crippen molar-refractivity contribution in [1.82, 2.24) is 0 Å². The minimum Gasteiger partial charge on any atom is -0.365 e. The van der Waals surface area contributed by atoms with Crippen LogP contribution in [0.1, 0.15) is 0 Å². The zero-order valence-corrected chi connectivity index (χ0v) is 8.15. The molecule has 0 spiro atoms. The predicted octanol–water partition coefficient (Wildman–Crippen LogP) is 1.50. The maximum atomic E-state index is 10.9.